The highest BCUT2D eigenvalue weighted by molar-refractivity contribution is 5.71. The summed E-state index contributed by atoms with van der Waals surface area (Å²) in [5.41, 5.74) is 26.2. The van der Waals surface area contributed by atoms with Gasteiger partial charge in [0.2, 0.25) is 0 Å². The van der Waals surface area contributed by atoms with Crippen LogP contribution in [-0.2, 0) is 0 Å². The van der Waals surface area contributed by atoms with Gasteiger partial charge in [0, 0.05) is 245 Å². The summed E-state index contributed by atoms with van der Waals surface area (Å²) in [6.45, 7) is 38.2. The Bertz CT molecular complexity index is 8370. The van der Waals surface area contributed by atoms with Crippen LogP contribution in [0.2, 0.25) is 0 Å². The van der Waals surface area contributed by atoms with Crippen molar-refractivity contribution in [1.29, 1.82) is 0 Å². The van der Waals surface area contributed by atoms with Crippen molar-refractivity contribution in [3.8, 4) is 56.7 Å². The van der Waals surface area contributed by atoms with E-state index < -0.39 is 0 Å². The van der Waals surface area contributed by atoms with Gasteiger partial charge in [0.05, 0.1) is 114 Å². The van der Waals surface area contributed by atoms with E-state index in [0.717, 1.165) is 231 Å². The molecule has 25 heterocycles. The Morgan fingerprint density at radius 2 is 0.606 bits per heavy atom. The van der Waals surface area contributed by atoms with E-state index in [4.69, 9.17) is 15.0 Å². The van der Waals surface area contributed by atoms with Crippen LogP contribution in [-0.4, -0.2) is 238 Å². The first-order valence-corrected chi connectivity index (χ1v) is 48.2. The van der Waals surface area contributed by atoms with Crippen molar-refractivity contribution in [1.82, 2.24) is 136 Å². The molecular formula is C104H111N33O5. The molecule has 142 heavy (non-hydrogen) atoms. The molecule has 25 rings (SSSR count). The van der Waals surface area contributed by atoms with Gasteiger partial charge in [-0.15, -0.1) is 0 Å². The van der Waals surface area contributed by atoms with Gasteiger partial charge < -0.3 is 68.7 Å². The Hall–Kier alpha value is -16.2. The van der Waals surface area contributed by atoms with Crippen LogP contribution in [0.4, 0.5) is 28.4 Å². The highest BCUT2D eigenvalue weighted by atomic mass is 16.1. The molecule has 5 N–H and O–H groups in total. The molecule has 20 aromatic rings. The van der Waals surface area contributed by atoms with Gasteiger partial charge in [-0.2, -0.15) is 5.10 Å². The number of nitrogens with zero attached hydrogens (tertiary/aromatic N) is 28. The molecule has 0 aliphatic carbocycles. The summed E-state index contributed by atoms with van der Waals surface area (Å²) in [4.78, 5) is 131. The van der Waals surface area contributed by atoms with Crippen LogP contribution in [0.15, 0.2) is 232 Å². The molecule has 0 bridgehead atoms. The molecule has 0 radical (unpaired) electrons. The lowest BCUT2D eigenvalue weighted by Gasteiger charge is -2.37. The number of piperazine rings is 4. The predicted molar refractivity (Wildman–Crippen MR) is 553 cm³/mol. The quantitative estimate of drug-likeness (QED) is 0.0851. The van der Waals surface area contributed by atoms with E-state index >= 15 is 0 Å². The van der Waals surface area contributed by atoms with Crippen LogP contribution in [0, 0.1) is 55.4 Å². The number of aromatic nitrogens is 23. The minimum Gasteiger partial charge on any atom is -0.369 e. The van der Waals surface area contributed by atoms with E-state index in [9.17, 15) is 24.0 Å². The lowest BCUT2D eigenvalue weighted by atomic mass is 10.1. The van der Waals surface area contributed by atoms with Crippen molar-refractivity contribution in [2.24, 2.45) is 0 Å². The van der Waals surface area contributed by atoms with E-state index in [1.807, 2.05) is 239 Å². The molecule has 0 saturated carbocycles. The second-order valence-corrected chi connectivity index (χ2v) is 37.3. The summed E-state index contributed by atoms with van der Waals surface area (Å²) in [6, 6.07) is 38.6. The molecule has 5 saturated heterocycles. The second-order valence-electron chi connectivity index (χ2n) is 37.3. The zero-order valence-electron chi connectivity index (χ0n) is 81.2. The fourth-order valence-electron chi connectivity index (χ4n) is 19.5. The zero-order chi connectivity index (χ0) is 97.8. The minimum atomic E-state index is -0.113. The number of hydrogen-bond donors (Lipinski definition) is 5. The third kappa shape index (κ3) is 19.5. The van der Waals surface area contributed by atoms with Crippen LogP contribution in [0.1, 0.15) is 72.7 Å². The van der Waals surface area contributed by atoms with Gasteiger partial charge in [-0.05, 0) is 180 Å². The maximum absolute atomic E-state index is 12.9. The number of aryl methyl sites for hydroxylation is 8. The first-order valence-electron chi connectivity index (χ1n) is 48.2. The molecule has 38 nitrogen and oxygen atoms in total. The lowest BCUT2D eigenvalue weighted by molar-refractivity contribution is 0.407. The van der Waals surface area contributed by atoms with Gasteiger partial charge in [-0.25, -0.2) is 49.4 Å². The third-order valence-electron chi connectivity index (χ3n) is 26.3. The Balaban J connectivity index is 0.000000105. The summed E-state index contributed by atoms with van der Waals surface area (Å²) < 4.78 is 17.7. The Morgan fingerprint density at radius 1 is 0.268 bits per heavy atom. The first kappa shape index (κ1) is 92.2. The van der Waals surface area contributed by atoms with Gasteiger partial charge in [0.15, 0.2) is 11.3 Å². The Kier molecular flexibility index (Phi) is 25.3. The topological polar surface area (TPSA) is 373 Å². The maximum atomic E-state index is 12.9. The fraction of sp³-hybridized carbons (Fsp3) is 0.308. The van der Waals surface area contributed by atoms with Crippen molar-refractivity contribution in [2.75, 3.05) is 136 Å². The number of pyridine rings is 7. The molecule has 0 spiro atoms. The zero-order valence-corrected chi connectivity index (χ0v) is 81.2. The van der Waals surface area contributed by atoms with E-state index in [1.165, 1.54) is 0 Å². The summed E-state index contributed by atoms with van der Waals surface area (Å²) in [5.74, 6) is 0. The van der Waals surface area contributed by atoms with Crippen molar-refractivity contribution < 1.29 is 0 Å². The minimum absolute atomic E-state index is 0.0725. The summed E-state index contributed by atoms with van der Waals surface area (Å²) in [5, 5.41) is 21.7. The molecule has 3 atom stereocenters. The molecule has 5 aliphatic heterocycles. The summed E-state index contributed by atoms with van der Waals surface area (Å²) >= 11 is 0. The van der Waals surface area contributed by atoms with E-state index in [0.29, 0.717) is 91.9 Å². The van der Waals surface area contributed by atoms with Gasteiger partial charge >= 0.3 is 0 Å². The number of fused-ring (bicyclic) bond motifs is 10. The SMILES string of the molecule is Cc1cn2cc(-c3cc(=O)n4cc(N5CCCNCC5)ccc4n3)ccc2n1.Cc1cn2cc(-c3cc(=O)n4cc(N5CCNCC5)ccc4n3)nc2c(C)n1.Cc1cn2cc(-c3cc(=O)n4cc(N5CCN[C@@H](C)C5)ccc4n3)nc2c(C)n1.Cc1cn2cc(-c3cc(=O)n4cc(N5C[C@@H](C)N[C@@H](C)C5)ccc4n3)ccc2n1.Cc1cn2nc(-c3cc(=O)n4cc(N5CCNCC5)ccc4n3)cc2c(C)n1. The van der Waals surface area contributed by atoms with Crippen LogP contribution in [0.3, 0.4) is 0 Å². The predicted octanol–water partition coefficient (Wildman–Crippen LogP) is 9.30. The molecule has 20 aromatic heterocycles. The molecule has 5 fully saturated rings. The van der Waals surface area contributed by atoms with Crippen LogP contribution in [0.25, 0.3) is 113 Å². The standard InChI is InChI=1S/C22H24N6O.C21H23N7O.C21H22N6O.2C20H21N7O/c1-14-9-26(10-15(2)23-14)18-5-7-21-25-19(8-22(29)28(21)13-18)17-4-6-20-24-16(3)11-27(20)12-17;1-13-9-26(7-6-22-13)16-4-5-19-24-17(8-20(29)28(19)11-16)18-12-27-10-14(2)23-15(3)21(27)25-18;1-15-12-26-13-16(3-5-19(26)23-15)18-11-21(28)27-14-17(4-6-20(27)24-18)25-9-2-7-22-8-10-25;1-13-11-27-18(14(2)22-13)9-17(24-27)16-10-20(28)26-12-15(3-4-19(26)23-16)25-7-5-21-6-8-25;1-13-10-26-12-17(24-20(26)14(2)22-13)16-9-19(28)27-11-15(3-4-18(27)23-16)25-7-5-21-6-8-25/h4-8,11-15,23H,9-10H2,1-3H3;4-5,8,10-13,22H,6-7,9H2,1-3H3;3-6,11-14,22H,2,7-10H2,1H3;2*3-4,9-12,21H,5-8H2,1-2H3/t14-,15+;13-;;;/m.0.../s1. The van der Waals surface area contributed by atoms with Gasteiger partial charge in [-0.1, -0.05) is 0 Å². The maximum Gasteiger partial charge on any atom is 0.258 e. The average Bonchev–Trinajstić information content (AvgIpc) is 1.44. The van der Waals surface area contributed by atoms with Crippen molar-refractivity contribution in [3.63, 3.8) is 0 Å². The fourth-order valence-corrected chi connectivity index (χ4v) is 19.5. The number of hydrogen-bond acceptors (Lipinski definition) is 28. The molecule has 722 valence electrons. The van der Waals surface area contributed by atoms with E-state index in [-0.39, 0.29) is 27.8 Å². The Morgan fingerprint density at radius 3 is 1.04 bits per heavy atom. The van der Waals surface area contributed by atoms with E-state index in [1.54, 1.807) is 56.9 Å². The number of anilines is 5. The normalized spacial score (nSPS) is 16.5. The number of imidazole rings is 4. The van der Waals surface area contributed by atoms with Crippen molar-refractivity contribution >= 4 is 84.8 Å². The molecule has 0 unspecified atom stereocenters. The highest BCUT2D eigenvalue weighted by Crippen LogP contribution is 2.30. The van der Waals surface area contributed by atoms with Crippen molar-refractivity contribution in [3.05, 3.63) is 305 Å². The van der Waals surface area contributed by atoms with Gasteiger partial charge in [0.1, 0.15) is 56.6 Å². The number of nitrogens with one attached hydrogen (secondary N) is 5. The molecular weight excluding hydrogens is 1790 g/mol. The molecule has 0 amide bonds. The molecule has 38 heteroatoms. The third-order valence-corrected chi connectivity index (χ3v) is 26.3. The first-order chi connectivity index (χ1) is 68.8. The monoisotopic (exact) mass is 1900 g/mol. The van der Waals surface area contributed by atoms with Crippen molar-refractivity contribution in [2.45, 2.75) is 101 Å². The smallest absolute Gasteiger partial charge is 0.258 e. The Labute approximate surface area is 814 Å². The number of rotatable bonds is 10. The second kappa shape index (κ2) is 38.9. The van der Waals surface area contributed by atoms with Gasteiger partial charge in [-0.3, -0.25) is 60.9 Å². The van der Waals surface area contributed by atoms with Crippen LogP contribution in [0.5, 0.6) is 0 Å². The molecule has 0 aromatic carbocycles. The van der Waals surface area contributed by atoms with Crippen LogP contribution < -0.4 is 78.9 Å². The van der Waals surface area contributed by atoms with E-state index in [2.05, 4.69) is 134 Å². The van der Waals surface area contributed by atoms with Gasteiger partial charge in [0.25, 0.3) is 27.8 Å². The largest absolute Gasteiger partial charge is 0.369 e. The highest BCUT2D eigenvalue weighted by Gasteiger charge is 2.26. The summed E-state index contributed by atoms with van der Waals surface area (Å²) in [6.07, 6.45) is 27.9. The summed E-state index contributed by atoms with van der Waals surface area (Å²) in [7, 11) is 0. The lowest BCUT2D eigenvalue weighted by Crippen LogP contribution is -2.54. The average molecular weight is 1900 g/mol. The van der Waals surface area contributed by atoms with Crippen LogP contribution >= 0.6 is 0 Å². The molecule has 5 aliphatic rings.